The average Bonchev–Trinajstić information content (AvgIpc) is 3.36. The van der Waals surface area contributed by atoms with E-state index in [9.17, 15) is 10.1 Å². The summed E-state index contributed by atoms with van der Waals surface area (Å²) < 4.78 is 14.0. The van der Waals surface area contributed by atoms with Crippen LogP contribution in [0.1, 0.15) is 62.4 Å². The Morgan fingerprint density at radius 2 is 2.00 bits per heavy atom. The smallest absolute Gasteiger partial charge is 0.434 e. The molecule has 224 valence electrons. The Morgan fingerprint density at radius 3 is 2.71 bits per heavy atom. The van der Waals surface area contributed by atoms with E-state index in [2.05, 4.69) is 59.5 Å². The van der Waals surface area contributed by atoms with E-state index in [0.717, 1.165) is 43.0 Å². The molecule has 4 heterocycles. The number of likely N-dealkylation sites (tertiary alicyclic amines) is 1. The first-order valence-electron chi connectivity index (χ1n) is 15.1. The summed E-state index contributed by atoms with van der Waals surface area (Å²) in [6.07, 6.45) is 4.77. The molecule has 0 N–H and O–H groups in total. The Kier molecular flexibility index (Phi) is 8.69. The summed E-state index contributed by atoms with van der Waals surface area (Å²) in [5.41, 5.74) is 5.22. The second-order valence-electron chi connectivity index (χ2n) is 12.7. The summed E-state index contributed by atoms with van der Waals surface area (Å²) in [4.78, 5) is 29.3. The lowest BCUT2D eigenvalue weighted by atomic mass is 10.0. The van der Waals surface area contributed by atoms with E-state index in [0.29, 0.717) is 38.3 Å². The fourth-order valence-corrected chi connectivity index (χ4v) is 6.06. The molecule has 0 spiro atoms. The number of carbonyl (C=O) groups excluding carboxylic acids is 1. The van der Waals surface area contributed by atoms with Crippen molar-refractivity contribution in [1.29, 1.82) is 5.26 Å². The number of aromatic nitrogens is 2. The van der Waals surface area contributed by atoms with Gasteiger partial charge in [0.2, 0.25) is 0 Å². The summed E-state index contributed by atoms with van der Waals surface area (Å²) in [6.45, 7) is 14.0. The Morgan fingerprint density at radius 1 is 1.19 bits per heavy atom. The Hall–Kier alpha value is -3.71. The van der Waals surface area contributed by atoms with Gasteiger partial charge >= 0.3 is 17.9 Å². The molecule has 0 unspecified atom stereocenters. The van der Waals surface area contributed by atoms with Crippen LogP contribution in [0.15, 0.2) is 18.2 Å². The van der Waals surface area contributed by atoms with Crippen LogP contribution in [0.2, 0.25) is 0 Å². The Labute approximate surface area is 249 Å². The maximum absolute atomic E-state index is 13.0. The maximum atomic E-state index is 13.0. The summed E-state index contributed by atoms with van der Waals surface area (Å²) in [6, 6.07) is 8.99. The van der Waals surface area contributed by atoms with Gasteiger partial charge < -0.3 is 19.3 Å². The first-order valence-corrected chi connectivity index (χ1v) is 15.1. The van der Waals surface area contributed by atoms with Gasteiger partial charge in [0.05, 0.1) is 43.1 Å². The number of ether oxygens (including phenoxy) is 2. The van der Waals surface area contributed by atoms with Crippen molar-refractivity contribution < 1.29 is 18.8 Å². The van der Waals surface area contributed by atoms with E-state index in [-0.39, 0.29) is 6.42 Å². The van der Waals surface area contributed by atoms with Gasteiger partial charge in [-0.15, -0.1) is 0 Å². The van der Waals surface area contributed by atoms with Gasteiger partial charge in [0.15, 0.2) is 0 Å². The minimum absolute atomic E-state index is 0.167. The van der Waals surface area contributed by atoms with E-state index in [1.54, 1.807) is 4.90 Å². The lowest BCUT2D eigenvalue weighted by Gasteiger charge is -2.34. The maximum Gasteiger partial charge on any atom is 0.434 e. The molecule has 0 radical (unpaired) electrons. The summed E-state index contributed by atoms with van der Waals surface area (Å²) in [7, 11) is 2.14. The largest absolute Gasteiger partial charge is 0.444 e. The van der Waals surface area contributed by atoms with Crippen LogP contribution < -0.4 is 9.64 Å². The third-order valence-electron chi connectivity index (χ3n) is 8.55. The highest BCUT2D eigenvalue weighted by molar-refractivity contribution is 5.75. The normalized spacial score (nSPS) is 21.0. The fraction of sp³-hybridized carbons (Fsp3) is 0.594. The number of carbonyl (C=O) groups is 1. The topological polar surface area (TPSA) is 97.8 Å². The Bertz CT molecular complexity index is 1390. The number of benzene rings is 1. The van der Waals surface area contributed by atoms with Gasteiger partial charge in [0.1, 0.15) is 24.8 Å². The minimum atomic E-state index is -0.613. The first kappa shape index (κ1) is 29.8. The lowest BCUT2D eigenvalue weighted by molar-refractivity contribution is -0.449. The van der Waals surface area contributed by atoms with Crippen LogP contribution in [0.3, 0.4) is 0 Å². The summed E-state index contributed by atoms with van der Waals surface area (Å²) in [5, 5.41) is 9.60. The molecule has 10 heteroatoms. The van der Waals surface area contributed by atoms with Crippen molar-refractivity contribution >= 4 is 23.8 Å². The lowest BCUT2D eigenvalue weighted by Crippen LogP contribution is -2.51. The van der Waals surface area contributed by atoms with Crippen LogP contribution in [0, 0.1) is 25.2 Å². The van der Waals surface area contributed by atoms with Crippen LogP contribution in [0.25, 0.3) is 0 Å². The molecular formula is C32H44N7O3+. The SMILES string of the molecule is Cc1cccc(N2CCc3c(nc(OC[C@@H]4CCCN4C)nc3[N+]3=C[C@H](CC#N)N(C(=O)OC(C)(C)C)CC3)C2)c1C. The van der Waals surface area contributed by atoms with Crippen molar-refractivity contribution in [3.05, 3.63) is 40.6 Å². The molecule has 3 aliphatic rings. The van der Waals surface area contributed by atoms with Crippen molar-refractivity contribution in [2.24, 2.45) is 0 Å². The van der Waals surface area contributed by atoms with Gasteiger partial charge in [-0.05, 0) is 78.2 Å². The molecule has 42 heavy (non-hydrogen) atoms. The van der Waals surface area contributed by atoms with E-state index in [4.69, 9.17) is 19.4 Å². The second-order valence-corrected chi connectivity index (χ2v) is 12.7. The standard InChI is InChI=1S/C32H44N7O3/c1-22-9-7-11-28(23(22)2)37-16-13-26-27(20-37)34-30(41-21-25-10-8-15-36(25)6)35-29(26)38-17-18-39(24(19-38)12-14-33)31(40)42-32(3,4)5/h7,9,11,19,24-25H,8,10,12-13,15-18,20-21H2,1-6H3/q+1/t24-,25-/m0/s1. The molecule has 10 nitrogen and oxygen atoms in total. The van der Waals surface area contributed by atoms with Crippen molar-refractivity contribution in [2.75, 3.05) is 44.7 Å². The fourth-order valence-electron chi connectivity index (χ4n) is 6.06. The molecule has 1 fully saturated rings. The molecule has 5 rings (SSSR count). The highest BCUT2D eigenvalue weighted by Gasteiger charge is 2.37. The number of hydrogen-bond acceptors (Lipinski definition) is 8. The number of fused-ring (bicyclic) bond motifs is 1. The second kappa shape index (κ2) is 12.3. The third-order valence-corrected chi connectivity index (χ3v) is 8.55. The van der Waals surface area contributed by atoms with E-state index in [1.165, 1.54) is 23.2 Å². The summed E-state index contributed by atoms with van der Waals surface area (Å²) in [5.74, 6) is 0.808. The number of hydrogen-bond donors (Lipinski definition) is 0. The van der Waals surface area contributed by atoms with Crippen LogP contribution >= 0.6 is 0 Å². The zero-order chi connectivity index (χ0) is 30.0. The molecule has 0 saturated carbocycles. The van der Waals surface area contributed by atoms with Crippen LogP contribution in [0.4, 0.5) is 16.3 Å². The van der Waals surface area contributed by atoms with E-state index < -0.39 is 17.7 Å². The number of likely N-dealkylation sites (N-methyl/N-ethyl adjacent to an activating group) is 1. The molecule has 1 amide bonds. The van der Waals surface area contributed by atoms with Crippen LogP contribution in [-0.4, -0.2) is 94.2 Å². The first-order chi connectivity index (χ1) is 20.0. The molecule has 2 aromatic rings. The van der Waals surface area contributed by atoms with Crippen molar-refractivity contribution in [2.45, 2.75) is 84.5 Å². The zero-order valence-electron chi connectivity index (χ0n) is 25.9. The molecule has 2 atom stereocenters. The molecule has 1 aromatic carbocycles. The van der Waals surface area contributed by atoms with Crippen molar-refractivity contribution in [1.82, 2.24) is 19.8 Å². The van der Waals surface area contributed by atoms with E-state index >= 15 is 0 Å². The van der Waals surface area contributed by atoms with Gasteiger partial charge in [0.25, 0.3) is 0 Å². The van der Waals surface area contributed by atoms with Crippen LogP contribution in [-0.2, 0) is 17.7 Å². The van der Waals surface area contributed by atoms with Gasteiger partial charge in [-0.1, -0.05) is 12.1 Å². The van der Waals surface area contributed by atoms with Gasteiger partial charge in [-0.3, -0.25) is 4.90 Å². The predicted octanol–water partition coefficient (Wildman–Crippen LogP) is 4.38. The molecule has 0 aliphatic carbocycles. The monoisotopic (exact) mass is 574 g/mol. The molecular weight excluding hydrogens is 530 g/mol. The molecule has 3 aliphatic heterocycles. The molecule has 1 aromatic heterocycles. The number of nitrogens with zero attached hydrogens (tertiary/aromatic N) is 7. The van der Waals surface area contributed by atoms with Gasteiger partial charge in [-0.25, -0.2) is 9.37 Å². The van der Waals surface area contributed by atoms with Gasteiger partial charge in [0, 0.05) is 29.7 Å². The number of amides is 1. The van der Waals surface area contributed by atoms with E-state index in [1.807, 2.05) is 27.0 Å². The highest BCUT2D eigenvalue weighted by Crippen LogP contribution is 2.33. The minimum Gasteiger partial charge on any atom is -0.444 e. The number of anilines is 1. The third kappa shape index (κ3) is 6.51. The average molecular weight is 575 g/mol. The zero-order valence-corrected chi connectivity index (χ0v) is 25.9. The van der Waals surface area contributed by atoms with Crippen molar-refractivity contribution in [3.63, 3.8) is 0 Å². The summed E-state index contributed by atoms with van der Waals surface area (Å²) >= 11 is 0. The molecule has 0 bridgehead atoms. The Balaban J connectivity index is 1.49. The number of nitriles is 1. The van der Waals surface area contributed by atoms with Crippen molar-refractivity contribution in [3.8, 4) is 12.1 Å². The number of aryl methyl sites for hydroxylation is 1. The predicted molar refractivity (Wildman–Crippen MR) is 162 cm³/mol. The molecule has 1 saturated heterocycles. The highest BCUT2D eigenvalue weighted by atomic mass is 16.6. The quantitative estimate of drug-likeness (QED) is 0.469. The van der Waals surface area contributed by atoms with Gasteiger partial charge in [-0.2, -0.15) is 10.2 Å². The van der Waals surface area contributed by atoms with Crippen LogP contribution in [0.5, 0.6) is 6.01 Å². The number of rotatable bonds is 6.